The molecule has 2 aromatic heterocycles. The summed E-state index contributed by atoms with van der Waals surface area (Å²) in [7, 11) is 0. The third kappa shape index (κ3) is 4.48. The minimum Gasteiger partial charge on any atom is -0.481 e. The Kier molecular flexibility index (Phi) is 5.65. The summed E-state index contributed by atoms with van der Waals surface area (Å²) in [5.74, 6) is -1.56. The summed E-state index contributed by atoms with van der Waals surface area (Å²) in [4.78, 5) is 36.5. The average Bonchev–Trinajstić information content (AvgIpc) is 3.16. The molecule has 0 aliphatic heterocycles. The number of rotatable bonds is 7. The fraction of sp³-hybridized carbons (Fsp3) is 0.167. The summed E-state index contributed by atoms with van der Waals surface area (Å²) < 4.78 is 0. The van der Waals surface area contributed by atoms with Gasteiger partial charge in [-0.3, -0.25) is 9.59 Å². The summed E-state index contributed by atoms with van der Waals surface area (Å²) in [5, 5.41) is 12.6. The zero-order valence-electron chi connectivity index (χ0n) is 13.7. The van der Waals surface area contributed by atoms with Gasteiger partial charge < -0.3 is 10.4 Å². The number of carbonyl (C=O) groups is 2. The number of carboxylic acid groups (broad SMARTS) is 1. The molecule has 0 radical (unpaired) electrons. The van der Waals surface area contributed by atoms with E-state index in [0.717, 1.165) is 16.9 Å². The summed E-state index contributed by atoms with van der Waals surface area (Å²) in [6, 6.07) is 11.0. The topological polar surface area (TPSA) is 105 Å². The lowest BCUT2D eigenvalue weighted by Gasteiger charge is -2.13. The highest BCUT2D eigenvalue weighted by Crippen LogP contribution is 2.21. The third-order valence-electron chi connectivity index (χ3n) is 3.67. The maximum atomic E-state index is 12.3. The van der Waals surface area contributed by atoms with E-state index in [1.165, 1.54) is 6.20 Å². The van der Waals surface area contributed by atoms with Gasteiger partial charge in [0.05, 0.1) is 12.1 Å². The SMILES string of the molecule is O=C(NC[C@H](Cc1ccccc1)C(=O)O)c1cnc(-c2ncccn2)s1. The van der Waals surface area contributed by atoms with Crippen molar-refractivity contribution >= 4 is 23.2 Å². The van der Waals surface area contributed by atoms with Crippen LogP contribution in [0.25, 0.3) is 10.8 Å². The molecule has 0 spiro atoms. The van der Waals surface area contributed by atoms with E-state index in [-0.39, 0.29) is 12.5 Å². The number of hydrogen-bond acceptors (Lipinski definition) is 6. The number of aromatic nitrogens is 3. The molecule has 0 fully saturated rings. The molecule has 7 nitrogen and oxygen atoms in total. The normalized spacial score (nSPS) is 11.7. The van der Waals surface area contributed by atoms with Crippen LogP contribution in [0.1, 0.15) is 15.2 Å². The molecule has 3 aromatic rings. The van der Waals surface area contributed by atoms with Crippen molar-refractivity contribution < 1.29 is 14.7 Å². The van der Waals surface area contributed by atoms with E-state index in [1.807, 2.05) is 30.3 Å². The van der Waals surface area contributed by atoms with Gasteiger partial charge in [0, 0.05) is 18.9 Å². The number of hydrogen-bond donors (Lipinski definition) is 2. The lowest BCUT2D eigenvalue weighted by atomic mass is 9.99. The second-order valence-electron chi connectivity index (χ2n) is 5.54. The first-order chi connectivity index (χ1) is 12.6. The minimum absolute atomic E-state index is 0.0398. The molecular weight excluding hydrogens is 352 g/mol. The molecule has 8 heteroatoms. The molecule has 1 aromatic carbocycles. The van der Waals surface area contributed by atoms with Gasteiger partial charge in [-0.15, -0.1) is 11.3 Å². The van der Waals surface area contributed by atoms with E-state index in [0.29, 0.717) is 22.1 Å². The van der Waals surface area contributed by atoms with Crippen molar-refractivity contribution in [3.05, 3.63) is 65.4 Å². The summed E-state index contributed by atoms with van der Waals surface area (Å²) in [6.07, 6.45) is 5.00. The van der Waals surface area contributed by atoms with Gasteiger partial charge in [-0.05, 0) is 18.1 Å². The Balaban J connectivity index is 1.62. The van der Waals surface area contributed by atoms with Crippen LogP contribution in [-0.4, -0.2) is 38.5 Å². The first-order valence-electron chi connectivity index (χ1n) is 7.91. The molecule has 1 atom stereocenters. The molecule has 0 bridgehead atoms. The van der Waals surface area contributed by atoms with Gasteiger partial charge in [0.1, 0.15) is 4.88 Å². The fourth-order valence-corrected chi connectivity index (χ4v) is 3.12. The number of aliphatic carboxylic acids is 1. The molecule has 0 saturated heterocycles. The lowest BCUT2D eigenvalue weighted by molar-refractivity contribution is -0.141. The number of carbonyl (C=O) groups excluding carboxylic acids is 1. The average molecular weight is 368 g/mol. The van der Waals surface area contributed by atoms with E-state index in [2.05, 4.69) is 20.3 Å². The van der Waals surface area contributed by atoms with Crippen LogP contribution in [0.15, 0.2) is 55.0 Å². The van der Waals surface area contributed by atoms with Crippen LogP contribution in [0.5, 0.6) is 0 Å². The lowest BCUT2D eigenvalue weighted by Crippen LogP contribution is -2.33. The first-order valence-corrected chi connectivity index (χ1v) is 8.73. The van der Waals surface area contributed by atoms with E-state index < -0.39 is 11.9 Å². The number of thiazole rings is 1. The fourth-order valence-electron chi connectivity index (χ4n) is 2.34. The molecule has 0 unspecified atom stereocenters. The molecule has 0 aliphatic carbocycles. The van der Waals surface area contributed by atoms with Crippen LogP contribution >= 0.6 is 11.3 Å². The van der Waals surface area contributed by atoms with Crippen LogP contribution in [-0.2, 0) is 11.2 Å². The predicted octanol–water partition coefficient (Wildman–Crippen LogP) is 2.27. The highest BCUT2D eigenvalue weighted by molar-refractivity contribution is 7.16. The quantitative estimate of drug-likeness (QED) is 0.663. The maximum absolute atomic E-state index is 12.3. The van der Waals surface area contributed by atoms with Gasteiger partial charge in [0.25, 0.3) is 5.91 Å². The summed E-state index contributed by atoms with van der Waals surface area (Å²) >= 11 is 1.16. The van der Waals surface area contributed by atoms with Crippen molar-refractivity contribution in [2.24, 2.45) is 5.92 Å². The number of benzene rings is 1. The monoisotopic (exact) mass is 368 g/mol. The van der Waals surface area contributed by atoms with Crippen molar-refractivity contribution in [3.63, 3.8) is 0 Å². The first kappa shape index (κ1) is 17.7. The van der Waals surface area contributed by atoms with Gasteiger partial charge >= 0.3 is 5.97 Å². The number of carboxylic acids is 1. The number of nitrogens with zero attached hydrogens (tertiary/aromatic N) is 3. The summed E-state index contributed by atoms with van der Waals surface area (Å²) in [6.45, 7) is 0.0398. The van der Waals surface area contributed by atoms with Crippen molar-refractivity contribution in [3.8, 4) is 10.8 Å². The Morgan fingerprint density at radius 3 is 2.50 bits per heavy atom. The van der Waals surface area contributed by atoms with Crippen LogP contribution in [0.3, 0.4) is 0 Å². The summed E-state index contributed by atoms with van der Waals surface area (Å²) in [5.41, 5.74) is 0.912. The van der Waals surface area contributed by atoms with Gasteiger partial charge in [0.15, 0.2) is 10.8 Å². The van der Waals surface area contributed by atoms with Gasteiger partial charge in [-0.1, -0.05) is 30.3 Å². The second-order valence-corrected chi connectivity index (χ2v) is 6.57. The number of nitrogens with one attached hydrogen (secondary N) is 1. The molecular formula is C18H16N4O3S. The minimum atomic E-state index is -0.947. The highest BCUT2D eigenvalue weighted by atomic mass is 32.1. The Morgan fingerprint density at radius 1 is 1.08 bits per heavy atom. The zero-order chi connectivity index (χ0) is 18.4. The van der Waals surface area contributed by atoms with E-state index >= 15 is 0 Å². The van der Waals surface area contributed by atoms with Crippen molar-refractivity contribution in [1.82, 2.24) is 20.3 Å². The standard InChI is InChI=1S/C18H16N4O3S/c23-16(14-11-22-17(26-14)15-19-7-4-8-20-15)21-10-13(18(24)25)9-12-5-2-1-3-6-12/h1-8,11,13H,9-10H2,(H,21,23)(H,24,25)/t13-/m0/s1. The predicted molar refractivity (Wildman–Crippen MR) is 96.7 cm³/mol. The Hall–Kier alpha value is -3.13. The van der Waals surface area contributed by atoms with Crippen LogP contribution < -0.4 is 5.32 Å². The molecule has 1 amide bonds. The third-order valence-corrected chi connectivity index (χ3v) is 4.66. The Labute approximate surface area is 153 Å². The molecule has 2 heterocycles. The molecule has 26 heavy (non-hydrogen) atoms. The van der Waals surface area contributed by atoms with Crippen molar-refractivity contribution in [1.29, 1.82) is 0 Å². The smallest absolute Gasteiger partial charge is 0.308 e. The van der Waals surface area contributed by atoms with E-state index in [1.54, 1.807) is 18.5 Å². The molecule has 0 aliphatic rings. The number of amides is 1. The van der Waals surface area contributed by atoms with Gasteiger partial charge in [0.2, 0.25) is 0 Å². The second kappa shape index (κ2) is 8.30. The molecule has 132 valence electrons. The van der Waals surface area contributed by atoms with E-state index in [4.69, 9.17) is 0 Å². The molecule has 0 saturated carbocycles. The van der Waals surface area contributed by atoms with Crippen molar-refractivity contribution in [2.75, 3.05) is 6.54 Å². The van der Waals surface area contributed by atoms with Crippen LogP contribution in [0.2, 0.25) is 0 Å². The Morgan fingerprint density at radius 2 is 1.81 bits per heavy atom. The Bertz CT molecular complexity index is 884. The van der Waals surface area contributed by atoms with Crippen LogP contribution in [0, 0.1) is 5.92 Å². The zero-order valence-corrected chi connectivity index (χ0v) is 14.5. The highest BCUT2D eigenvalue weighted by Gasteiger charge is 2.20. The van der Waals surface area contributed by atoms with Gasteiger partial charge in [-0.25, -0.2) is 15.0 Å². The molecule has 3 rings (SSSR count). The van der Waals surface area contributed by atoms with Crippen molar-refractivity contribution in [2.45, 2.75) is 6.42 Å². The van der Waals surface area contributed by atoms with Crippen LogP contribution in [0.4, 0.5) is 0 Å². The van der Waals surface area contributed by atoms with E-state index in [9.17, 15) is 14.7 Å². The molecule has 2 N–H and O–H groups in total. The largest absolute Gasteiger partial charge is 0.481 e. The van der Waals surface area contributed by atoms with Gasteiger partial charge in [-0.2, -0.15) is 0 Å². The maximum Gasteiger partial charge on any atom is 0.308 e.